The highest BCUT2D eigenvalue weighted by atomic mass is 35.5. The predicted octanol–water partition coefficient (Wildman–Crippen LogP) is 4.14. The van der Waals surface area contributed by atoms with E-state index in [-0.39, 0.29) is 16.8 Å². The molecule has 0 bridgehead atoms. The third kappa shape index (κ3) is 4.09. The summed E-state index contributed by atoms with van der Waals surface area (Å²) >= 11 is 11.8. The smallest absolute Gasteiger partial charge is 0.254 e. The van der Waals surface area contributed by atoms with Crippen LogP contribution in [0.25, 0.3) is 11.3 Å². The zero-order valence-electron chi connectivity index (χ0n) is 14.0. The summed E-state index contributed by atoms with van der Waals surface area (Å²) in [5.41, 5.74) is 4.89. The molecular formula is C18H12Cl2F2N2O4. The van der Waals surface area contributed by atoms with E-state index in [9.17, 15) is 18.7 Å². The fourth-order valence-corrected chi connectivity index (χ4v) is 2.71. The van der Waals surface area contributed by atoms with Crippen LogP contribution in [0, 0.1) is 11.6 Å². The number of nitrogens with zero attached hydrogens (tertiary/aromatic N) is 1. The zero-order valence-corrected chi connectivity index (χ0v) is 15.5. The maximum absolute atomic E-state index is 14.1. The Kier molecular flexibility index (Phi) is 5.83. The molecule has 28 heavy (non-hydrogen) atoms. The zero-order chi connectivity index (χ0) is 20.4. The lowest BCUT2D eigenvalue weighted by molar-refractivity contribution is 0.0820. The van der Waals surface area contributed by atoms with Gasteiger partial charge in [-0.3, -0.25) is 4.79 Å². The van der Waals surface area contributed by atoms with E-state index in [0.29, 0.717) is 10.6 Å². The number of carbonyl (C=O) groups is 1. The van der Waals surface area contributed by atoms with E-state index < -0.39 is 41.6 Å². The van der Waals surface area contributed by atoms with Crippen molar-refractivity contribution in [3.8, 4) is 17.0 Å². The summed E-state index contributed by atoms with van der Waals surface area (Å²) in [6.07, 6.45) is -1.42. The Morgan fingerprint density at radius 1 is 1.21 bits per heavy atom. The molecule has 10 heteroatoms. The molecule has 2 aromatic carbocycles. The number of rotatable bonds is 6. The number of hydrogen-bond acceptors (Lipinski definition) is 5. The van der Waals surface area contributed by atoms with E-state index in [4.69, 9.17) is 38.1 Å². The number of aromatic nitrogens is 1. The van der Waals surface area contributed by atoms with Crippen LogP contribution in [0.3, 0.4) is 0 Å². The van der Waals surface area contributed by atoms with E-state index in [1.807, 2.05) is 0 Å². The van der Waals surface area contributed by atoms with Crippen molar-refractivity contribution >= 4 is 29.1 Å². The van der Waals surface area contributed by atoms with Crippen LogP contribution in [0.2, 0.25) is 10.2 Å². The van der Waals surface area contributed by atoms with Crippen LogP contribution >= 0.6 is 23.2 Å². The molecule has 1 atom stereocenters. The average molecular weight is 429 g/mol. The van der Waals surface area contributed by atoms with Crippen molar-refractivity contribution in [3.05, 3.63) is 69.7 Å². The Morgan fingerprint density at radius 3 is 2.54 bits per heavy atom. The number of nitrogens with two attached hydrogens (primary N) is 1. The van der Waals surface area contributed by atoms with Gasteiger partial charge >= 0.3 is 0 Å². The predicted molar refractivity (Wildman–Crippen MR) is 97.3 cm³/mol. The van der Waals surface area contributed by atoms with Crippen molar-refractivity contribution in [2.75, 3.05) is 6.61 Å². The van der Waals surface area contributed by atoms with Crippen molar-refractivity contribution in [2.24, 2.45) is 5.73 Å². The van der Waals surface area contributed by atoms with Crippen LogP contribution in [0.1, 0.15) is 22.4 Å². The lowest BCUT2D eigenvalue weighted by atomic mass is 10.1. The summed E-state index contributed by atoms with van der Waals surface area (Å²) < 4.78 is 38.0. The lowest BCUT2D eigenvalue weighted by Crippen LogP contribution is -2.17. The van der Waals surface area contributed by atoms with Gasteiger partial charge in [-0.05, 0) is 35.9 Å². The summed E-state index contributed by atoms with van der Waals surface area (Å²) in [6, 6.07) is 8.39. The van der Waals surface area contributed by atoms with Crippen molar-refractivity contribution in [3.63, 3.8) is 0 Å². The van der Waals surface area contributed by atoms with E-state index in [0.717, 1.165) is 12.1 Å². The van der Waals surface area contributed by atoms with Gasteiger partial charge in [-0.1, -0.05) is 23.7 Å². The molecule has 1 unspecified atom stereocenters. The van der Waals surface area contributed by atoms with Gasteiger partial charge in [0.2, 0.25) is 11.1 Å². The molecule has 0 aliphatic heterocycles. The summed E-state index contributed by atoms with van der Waals surface area (Å²) in [7, 11) is 0. The number of amides is 1. The van der Waals surface area contributed by atoms with Gasteiger partial charge in [0.1, 0.15) is 23.7 Å². The second-order valence-corrected chi connectivity index (χ2v) is 6.39. The van der Waals surface area contributed by atoms with Crippen LogP contribution in [-0.4, -0.2) is 22.6 Å². The summed E-state index contributed by atoms with van der Waals surface area (Å²) in [6.45, 7) is -0.502. The minimum absolute atomic E-state index is 0.0691. The molecule has 6 nitrogen and oxygen atoms in total. The second kappa shape index (κ2) is 8.14. The number of benzene rings is 2. The fraction of sp³-hybridized carbons (Fsp3) is 0.111. The Hall–Kier alpha value is -2.68. The summed E-state index contributed by atoms with van der Waals surface area (Å²) in [4.78, 5) is 15.2. The molecule has 146 valence electrons. The molecular weight excluding hydrogens is 417 g/mol. The van der Waals surface area contributed by atoms with E-state index in [1.54, 1.807) is 24.3 Å². The maximum Gasteiger partial charge on any atom is 0.254 e. The number of hydrogen-bond donors (Lipinski definition) is 2. The van der Waals surface area contributed by atoms with Crippen LogP contribution < -0.4 is 10.5 Å². The lowest BCUT2D eigenvalue weighted by Gasteiger charge is -2.11. The van der Waals surface area contributed by atoms with Gasteiger partial charge in [-0.25, -0.2) is 13.8 Å². The minimum Gasteiger partial charge on any atom is -0.487 e. The molecule has 0 spiro atoms. The Bertz CT molecular complexity index is 1030. The molecule has 1 aromatic heterocycles. The number of aliphatic hydroxyl groups is 1. The van der Waals surface area contributed by atoms with Gasteiger partial charge in [0, 0.05) is 10.6 Å². The van der Waals surface area contributed by atoms with Crippen LogP contribution in [0.4, 0.5) is 8.78 Å². The molecule has 0 aliphatic carbocycles. The average Bonchev–Trinajstić information content (AvgIpc) is 3.03. The third-order valence-electron chi connectivity index (χ3n) is 3.70. The first-order valence-corrected chi connectivity index (χ1v) is 8.54. The highest BCUT2D eigenvalue weighted by Gasteiger charge is 2.23. The number of halogens is 4. The van der Waals surface area contributed by atoms with Gasteiger partial charge < -0.3 is 20.0 Å². The highest BCUT2D eigenvalue weighted by Crippen LogP contribution is 2.31. The monoisotopic (exact) mass is 428 g/mol. The first-order chi connectivity index (χ1) is 13.3. The quantitative estimate of drug-likeness (QED) is 0.614. The third-order valence-corrected chi connectivity index (χ3v) is 4.21. The largest absolute Gasteiger partial charge is 0.487 e. The molecule has 0 aliphatic rings. The minimum atomic E-state index is -1.42. The summed E-state index contributed by atoms with van der Waals surface area (Å²) in [5, 5.41) is 10.6. The molecule has 0 saturated heterocycles. The van der Waals surface area contributed by atoms with Gasteiger partial charge in [0.15, 0.2) is 17.7 Å². The fourth-order valence-electron chi connectivity index (χ4n) is 2.36. The van der Waals surface area contributed by atoms with Crippen LogP contribution in [0.5, 0.6) is 5.75 Å². The first-order valence-electron chi connectivity index (χ1n) is 7.78. The van der Waals surface area contributed by atoms with Crippen molar-refractivity contribution in [1.29, 1.82) is 0 Å². The van der Waals surface area contributed by atoms with E-state index in [2.05, 4.69) is 4.98 Å². The number of carbonyl (C=O) groups excluding carboxylic acids is 1. The van der Waals surface area contributed by atoms with E-state index in [1.165, 1.54) is 0 Å². The Morgan fingerprint density at radius 2 is 1.89 bits per heavy atom. The normalized spacial score (nSPS) is 12.0. The van der Waals surface area contributed by atoms with Crippen molar-refractivity contribution < 1.29 is 27.8 Å². The molecule has 3 aromatic rings. The molecule has 1 heterocycles. The molecule has 0 radical (unpaired) electrons. The Balaban J connectivity index is 1.77. The molecule has 3 N–H and O–H groups in total. The van der Waals surface area contributed by atoms with Crippen LogP contribution in [-0.2, 0) is 0 Å². The Labute approximate surface area is 167 Å². The number of oxazole rings is 1. The first kappa shape index (κ1) is 20.1. The van der Waals surface area contributed by atoms with E-state index >= 15 is 0 Å². The standard InChI is InChI=1S/C18H12Cl2F2N2O4/c19-9-3-1-8(2-4-9)15-16(20)28-18(24-15)11(25)7-27-12-6-5-10(21)13(14(12)22)17(23)26/h1-6,11,25H,7H2,(H2,23,26). The molecule has 0 fully saturated rings. The molecule has 0 saturated carbocycles. The van der Waals surface area contributed by atoms with Gasteiger partial charge in [0.25, 0.3) is 5.91 Å². The van der Waals surface area contributed by atoms with Crippen molar-refractivity contribution in [1.82, 2.24) is 4.98 Å². The molecule has 1 amide bonds. The second-order valence-electron chi connectivity index (χ2n) is 5.61. The summed E-state index contributed by atoms with van der Waals surface area (Å²) in [5.74, 6) is -4.32. The SMILES string of the molecule is NC(=O)c1c(F)ccc(OCC(O)c2nc(-c3ccc(Cl)cc3)c(Cl)o2)c1F. The number of primary amides is 1. The van der Waals surface area contributed by atoms with Gasteiger partial charge in [0.05, 0.1) is 0 Å². The van der Waals surface area contributed by atoms with Gasteiger partial charge in [-0.15, -0.1) is 0 Å². The highest BCUT2D eigenvalue weighted by molar-refractivity contribution is 6.31. The molecule has 3 rings (SSSR count). The van der Waals surface area contributed by atoms with Crippen molar-refractivity contribution in [2.45, 2.75) is 6.10 Å². The topological polar surface area (TPSA) is 98.6 Å². The number of ether oxygens (including phenoxy) is 1. The van der Waals surface area contributed by atoms with Crippen LogP contribution in [0.15, 0.2) is 40.8 Å². The number of aliphatic hydroxyl groups excluding tert-OH is 1. The van der Waals surface area contributed by atoms with Gasteiger partial charge in [-0.2, -0.15) is 0 Å². The maximum atomic E-state index is 14.1.